The Balaban J connectivity index is 1.82. The number of nitrogens with zero attached hydrogens (tertiary/aromatic N) is 2. The highest BCUT2D eigenvalue weighted by atomic mass is 19.4. The van der Waals surface area contributed by atoms with E-state index in [0.29, 0.717) is 5.56 Å². The zero-order valence-corrected chi connectivity index (χ0v) is 15.1. The van der Waals surface area contributed by atoms with E-state index < -0.39 is 23.5 Å². The molecule has 0 amide bonds. The van der Waals surface area contributed by atoms with Crippen LogP contribution in [-0.4, -0.2) is 40.2 Å². The second-order valence-electron chi connectivity index (χ2n) is 7.54. The van der Waals surface area contributed by atoms with Gasteiger partial charge in [0.05, 0.1) is 12.5 Å². The Morgan fingerprint density at radius 1 is 1.33 bits per heavy atom. The number of carbonyl (C=O) groups is 1. The predicted molar refractivity (Wildman–Crippen MR) is 92.1 cm³/mol. The van der Waals surface area contributed by atoms with Crippen LogP contribution >= 0.6 is 0 Å². The van der Waals surface area contributed by atoms with E-state index in [4.69, 9.17) is 4.42 Å². The van der Waals surface area contributed by atoms with Gasteiger partial charge in [-0.25, -0.2) is 9.78 Å². The smallest absolute Gasteiger partial charge is 0.392 e. The molecule has 146 valence electrons. The Labute approximate surface area is 154 Å². The third kappa shape index (κ3) is 4.16. The lowest BCUT2D eigenvalue weighted by Gasteiger charge is -2.44. The van der Waals surface area contributed by atoms with Crippen molar-refractivity contribution in [3.8, 4) is 11.5 Å². The zero-order chi connectivity index (χ0) is 19.8. The molecule has 1 fully saturated rings. The number of likely N-dealkylation sites (tertiary alicyclic amines) is 1. The molecule has 0 aliphatic carbocycles. The second kappa shape index (κ2) is 6.99. The van der Waals surface area contributed by atoms with E-state index >= 15 is 0 Å². The zero-order valence-electron chi connectivity index (χ0n) is 15.1. The van der Waals surface area contributed by atoms with E-state index in [9.17, 15) is 23.1 Å². The summed E-state index contributed by atoms with van der Waals surface area (Å²) in [4.78, 5) is 17.4. The first-order valence-corrected chi connectivity index (χ1v) is 8.65. The van der Waals surface area contributed by atoms with Crippen molar-refractivity contribution in [1.82, 2.24) is 9.88 Å². The first kappa shape index (κ1) is 19.4. The van der Waals surface area contributed by atoms with Crippen LogP contribution in [0.3, 0.4) is 0 Å². The van der Waals surface area contributed by atoms with Gasteiger partial charge in [-0.3, -0.25) is 4.90 Å². The molecule has 0 bridgehead atoms. The Hall–Kier alpha value is -2.35. The molecule has 1 aliphatic rings. The number of hydrogen-bond donors (Lipinski definition) is 1. The van der Waals surface area contributed by atoms with Crippen LogP contribution in [0.15, 0.2) is 34.7 Å². The largest absolute Gasteiger partial charge is 0.476 e. The van der Waals surface area contributed by atoms with Crippen LogP contribution in [0.2, 0.25) is 0 Å². The lowest BCUT2D eigenvalue weighted by Crippen LogP contribution is -2.50. The number of carboxylic acids is 1. The lowest BCUT2D eigenvalue weighted by atomic mass is 9.73. The molecule has 1 saturated heterocycles. The fraction of sp³-hybridized carbons (Fsp3) is 0.474. The van der Waals surface area contributed by atoms with Gasteiger partial charge < -0.3 is 9.52 Å². The number of aromatic carboxylic acids is 1. The number of benzene rings is 1. The van der Waals surface area contributed by atoms with E-state index in [-0.39, 0.29) is 43.4 Å². The van der Waals surface area contributed by atoms with E-state index in [1.165, 1.54) is 0 Å². The summed E-state index contributed by atoms with van der Waals surface area (Å²) in [6, 6.07) is 8.88. The van der Waals surface area contributed by atoms with Crippen molar-refractivity contribution < 1.29 is 27.5 Å². The molecule has 1 atom stereocenters. The third-order valence-electron chi connectivity index (χ3n) is 4.99. The summed E-state index contributed by atoms with van der Waals surface area (Å²) >= 11 is 0. The minimum atomic E-state index is -4.24. The predicted octanol–water partition coefficient (Wildman–Crippen LogP) is 4.45. The van der Waals surface area contributed by atoms with Crippen LogP contribution in [0.5, 0.6) is 0 Å². The molecular formula is C19H21F3N2O3. The molecule has 27 heavy (non-hydrogen) atoms. The third-order valence-corrected chi connectivity index (χ3v) is 4.99. The van der Waals surface area contributed by atoms with Crippen molar-refractivity contribution in [1.29, 1.82) is 0 Å². The van der Waals surface area contributed by atoms with Gasteiger partial charge in [-0.2, -0.15) is 13.2 Å². The summed E-state index contributed by atoms with van der Waals surface area (Å²) in [6.45, 7) is 3.69. The summed E-state index contributed by atoms with van der Waals surface area (Å²) in [6.07, 6.45) is -4.27. The van der Waals surface area contributed by atoms with Crippen molar-refractivity contribution in [2.45, 2.75) is 33.0 Å². The van der Waals surface area contributed by atoms with Crippen LogP contribution in [0.25, 0.3) is 11.5 Å². The van der Waals surface area contributed by atoms with E-state index in [1.54, 1.807) is 43.0 Å². The van der Waals surface area contributed by atoms with E-state index in [2.05, 4.69) is 4.98 Å². The number of oxazole rings is 1. The first-order chi connectivity index (χ1) is 12.6. The minimum absolute atomic E-state index is 0.0292. The van der Waals surface area contributed by atoms with E-state index in [0.717, 1.165) is 0 Å². The first-order valence-electron chi connectivity index (χ1n) is 8.65. The average Bonchev–Trinajstić information content (AvgIpc) is 2.97. The molecule has 0 spiro atoms. The second-order valence-corrected chi connectivity index (χ2v) is 7.54. The SMILES string of the molecule is CC1(C)CN(Cc2oc(-c3ccccc3)nc2C(=O)O)CCC1C(F)(F)F. The summed E-state index contributed by atoms with van der Waals surface area (Å²) in [5.41, 5.74) is -0.533. The van der Waals surface area contributed by atoms with E-state index in [1.807, 2.05) is 6.07 Å². The normalized spacial score (nSPS) is 20.6. The molecule has 1 aromatic carbocycles. The fourth-order valence-corrected chi connectivity index (χ4v) is 3.74. The van der Waals surface area contributed by atoms with Gasteiger partial charge in [-0.1, -0.05) is 32.0 Å². The lowest BCUT2D eigenvalue weighted by molar-refractivity contribution is -0.217. The van der Waals surface area contributed by atoms with Gasteiger partial charge in [-0.15, -0.1) is 0 Å². The Morgan fingerprint density at radius 2 is 2.00 bits per heavy atom. The standard InChI is InChI=1S/C19H21F3N2O3/c1-18(2)11-24(9-8-14(18)19(20,21)22)10-13-15(17(25)26)23-16(27-13)12-6-4-3-5-7-12/h3-7,14H,8-11H2,1-2H3,(H,25,26). The van der Waals surface area contributed by atoms with Crippen molar-refractivity contribution >= 4 is 5.97 Å². The number of rotatable bonds is 4. The molecule has 1 unspecified atom stereocenters. The maximum absolute atomic E-state index is 13.2. The minimum Gasteiger partial charge on any atom is -0.476 e. The van der Waals surface area contributed by atoms with Crippen LogP contribution in [0, 0.1) is 11.3 Å². The summed E-state index contributed by atoms with van der Waals surface area (Å²) in [7, 11) is 0. The van der Waals surface area contributed by atoms with Gasteiger partial charge >= 0.3 is 12.1 Å². The number of hydrogen-bond acceptors (Lipinski definition) is 4. The topological polar surface area (TPSA) is 66.6 Å². The summed E-state index contributed by atoms with van der Waals surface area (Å²) < 4.78 is 45.4. The fourth-order valence-electron chi connectivity index (χ4n) is 3.74. The van der Waals surface area contributed by atoms with Crippen molar-refractivity contribution in [2.75, 3.05) is 13.1 Å². The number of piperidine rings is 1. The highest BCUT2D eigenvalue weighted by Gasteiger charge is 2.51. The Bertz CT molecular complexity index is 815. The Kier molecular flexibility index (Phi) is 5.03. The van der Waals surface area contributed by atoms with Gasteiger partial charge in [0.2, 0.25) is 5.89 Å². The monoisotopic (exact) mass is 382 g/mol. The molecule has 1 aromatic heterocycles. The van der Waals surface area contributed by atoms with Gasteiger partial charge in [0.25, 0.3) is 0 Å². The number of carboxylic acid groups (broad SMARTS) is 1. The maximum Gasteiger partial charge on any atom is 0.392 e. The molecule has 0 radical (unpaired) electrons. The number of aromatic nitrogens is 1. The highest BCUT2D eigenvalue weighted by molar-refractivity contribution is 5.87. The van der Waals surface area contributed by atoms with Crippen LogP contribution < -0.4 is 0 Å². The van der Waals surface area contributed by atoms with Crippen LogP contribution in [-0.2, 0) is 6.54 Å². The highest BCUT2D eigenvalue weighted by Crippen LogP contribution is 2.45. The van der Waals surface area contributed by atoms with Crippen molar-refractivity contribution in [2.24, 2.45) is 11.3 Å². The molecular weight excluding hydrogens is 361 g/mol. The van der Waals surface area contributed by atoms with Crippen LogP contribution in [0.4, 0.5) is 13.2 Å². The van der Waals surface area contributed by atoms with Crippen LogP contribution in [0.1, 0.15) is 36.5 Å². The summed E-state index contributed by atoms with van der Waals surface area (Å²) in [5, 5.41) is 9.42. The van der Waals surface area contributed by atoms with Gasteiger partial charge in [0.15, 0.2) is 11.5 Å². The Morgan fingerprint density at radius 3 is 2.56 bits per heavy atom. The van der Waals surface area contributed by atoms with Gasteiger partial charge in [0, 0.05) is 12.1 Å². The van der Waals surface area contributed by atoms with Gasteiger partial charge in [-0.05, 0) is 30.5 Å². The number of halogens is 3. The molecule has 1 aliphatic heterocycles. The molecule has 3 rings (SSSR count). The average molecular weight is 382 g/mol. The maximum atomic E-state index is 13.2. The molecule has 2 heterocycles. The summed E-state index contributed by atoms with van der Waals surface area (Å²) in [5.74, 6) is -2.26. The molecule has 2 aromatic rings. The molecule has 1 N–H and O–H groups in total. The number of alkyl halides is 3. The van der Waals surface area contributed by atoms with Crippen molar-refractivity contribution in [3.63, 3.8) is 0 Å². The van der Waals surface area contributed by atoms with Gasteiger partial charge in [0.1, 0.15) is 0 Å². The van der Waals surface area contributed by atoms with Crippen molar-refractivity contribution in [3.05, 3.63) is 41.8 Å². The quantitative estimate of drug-likeness (QED) is 0.846. The molecule has 5 nitrogen and oxygen atoms in total. The molecule has 0 saturated carbocycles. The molecule has 8 heteroatoms.